The molecular weight excluding hydrogens is 1070 g/mol. The molecule has 0 radical (unpaired) electrons. The molecular formula is C80H66B2N4S. The molecule has 2 aliphatic carbocycles. The Morgan fingerprint density at radius 1 is 0.379 bits per heavy atom. The fourth-order valence-electron chi connectivity index (χ4n) is 17.0. The lowest BCUT2D eigenvalue weighted by Crippen LogP contribution is -2.64. The van der Waals surface area contributed by atoms with Gasteiger partial charge in [0.15, 0.2) is 0 Å². The minimum atomic E-state index is -0.115. The van der Waals surface area contributed by atoms with E-state index in [1.54, 1.807) is 0 Å². The maximum atomic E-state index is 2.91. The van der Waals surface area contributed by atoms with Crippen molar-refractivity contribution in [3.63, 3.8) is 0 Å². The Morgan fingerprint density at radius 2 is 0.908 bits per heavy atom. The van der Waals surface area contributed by atoms with Gasteiger partial charge < -0.3 is 19.6 Å². The average Bonchev–Trinajstić information content (AvgIpc) is 0.769. The van der Waals surface area contributed by atoms with E-state index in [0.29, 0.717) is 6.04 Å². The molecule has 0 amide bonds. The van der Waals surface area contributed by atoms with Crippen LogP contribution in [0.25, 0.3) is 33.4 Å². The summed E-state index contributed by atoms with van der Waals surface area (Å²) in [5.41, 5.74) is 29.1. The van der Waals surface area contributed by atoms with Gasteiger partial charge in [-0.2, -0.15) is 0 Å². The summed E-state index contributed by atoms with van der Waals surface area (Å²) in [6.45, 7) is 8.19. The highest BCUT2D eigenvalue weighted by molar-refractivity contribution is 8.00. The van der Waals surface area contributed by atoms with Gasteiger partial charge in [-0.05, 0) is 183 Å². The third-order valence-electron chi connectivity index (χ3n) is 20.9. The van der Waals surface area contributed by atoms with Crippen LogP contribution >= 0.6 is 11.8 Å². The Bertz CT molecular complexity index is 4490. The summed E-state index contributed by atoms with van der Waals surface area (Å²) >= 11 is 2.02. The van der Waals surface area contributed by atoms with Crippen molar-refractivity contribution in [3.8, 4) is 33.4 Å². The third-order valence-corrected chi connectivity index (χ3v) is 22.0. The molecule has 18 rings (SSSR count). The standard InChI is InChI=1S/C80H66B2N4S/c1-80(2,3)58-44-72-77-73(45-58)85(60-31-17-8-18-32-60)71-49-75-68(48-67(71)81(77)65-33-19-21-35-69(65)84(72)59-29-15-7-16-30-59)82-66-34-20-22-36-70(66)86(74-46-62(47-76(87-75)78(74)82)83-50-55-38-37-51-39-56(55)41-61(83)40-51)79-63(53-25-11-5-12-26-53)42-57(52-23-9-4-10-24-52)43-64(79)54-27-13-6-14-28-54/h4-36,42-49,51,55-56,61H,37-41,50H2,1-3H3. The fourth-order valence-corrected chi connectivity index (χ4v) is 18.2. The molecule has 3 bridgehead atoms. The van der Waals surface area contributed by atoms with Gasteiger partial charge in [-0.25, -0.2) is 0 Å². The number of fused-ring (bicyclic) bond motifs is 10. The first-order chi connectivity index (χ1) is 42.8. The minimum absolute atomic E-state index is 0.0252. The van der Waals surface area contributed by atoms with E-state index in [1.807, 2.05) is 11.8 Å². The van der Waals surface area contributed by atoms with Gasteiger partial charge in [0.25, 0.3) is 6.71 Å². The number of nitrogens with zero attached hydrogens (tertiary/aromatic N) is 4. The van der Waals surface area contributed by atoms with Crippen molar-refractivity contribution in [1.82, 2.24) is 0 Å². The van der Waals surface area contributed by atoms with Crippen molar-refractivity contribution in [2.45, 2.75) is 74.1 Å². The summed E-state index contributed by atoms with van der Waals surface area (Å²) < 4.78 is 0. The number of piperidine rings is 1. The highest BCUT2D eigenvalue weighted by atomic mass is 32.2. The second-order valence-electron chi connectivity index (χ2n) is 26.8. The zero-order valence-corrected chi connectivity index (χ0v) is 50.4. The van der Waals surface area contributed by atoms with E-state index in [4.69, 9.17) is 0 Å². The van der Waals surface area contributed by atoms with Gasteiger partial charge in [0, 0.05) is 84.7 Å². The lowest BCUT2D eigenvalue weighted by Gasteiger charge is -2.54. The van der Waals surface area contributed by atoms with E-state index in [1.165, 1.54) is 170 Å². The Kier molecular flexibility index (Phi) is 11.7. The van der Waals surface area contributed by atoms with Gasteiger partial charge >= 0.3 is 0 Å². The van der Waals surface area contributed by atoms with Gasteiger partial charge in [0.1, 0.15) is 0 Å². The molecule has 0 aromatic heterocycles. The van der Waals surface area contributed by atoms with Crippen molar-refractivity contribution < 1.29 is 0 Å². The largest absolute Gasteiger partial charge is 0.368 e. The van der Waals surface area contributed by atoms with Crippen LogP contribution in [0.15, 0.2) is 259 Å². The molecule has 11 aromatic carbocycles. The monoisotopic (exact) mass is 1140 g/mol. The quantitative estimate of drug-likeness (QED) is 0.147. The molecule has 418 valence electrons. The summed E-state index contributed by atoms with van der Waals surface area (Å²) in [5, 5.41) is 0. The minimum Gasteiger partial charge on any atom is -0.368 e. The van der Waals surface area contributed by atoms with Crippen LogP contribution in [0.1, 0.15) is 58.4 Å². The topological polar surface area (TPSA) is 13.0 Å². The van der Waals surface area contributed by atoms with Gasteiger partial charge in [0.05, 0.1) is 5.69 Å². The highest BCUT2D eigenvalue weighted by Gasteiger charge is 2.50. The van der Waals surface area contributed by atoms with Crippen LogP contribution in [-0.2, 0) is 5.41 Å². The predicted octanol–water partition coefficient (Wildman–Crippen LogP) is 16.8. The highest BCUT2D eigenvalue weighted by Crippen LogP contribution is 2.55. The number of anilines is 10. The molecule has 4 nitrogen and oxygen atoms in total. The smallest absolute Gasteiger partial charge is 0.252 e. The summed E-state index contributed by atoms with van der Waals surface area (Å²) in [5.74, 6) is 2.43. The predicted molar refractivity (Wildman–Crippen MR) is 370 cm³/mol. The molecule has 2 saturated carbocycles. The van der Waals surface area contributed by atoms with Crippen molar-refractivity contribution >= 4 is 115 Å². The number of hydrogen-bond acceptors (Lipinski definition) is 5. The second kappa shape index (κ2) is 19.8. The van der Waals surface area contributed by atoms with E-state index in [0.717, 1.165) is 24.3 Å². The van der Waals surface area contributed by atoms with Crippen LogP contribution in [0.3, 0.4) is 0 Å². The van der Waals surface area contributed by atoms with E-state index < -0.39 is 0 Å². The number of hydrogen-bond donors (Lipinski definition) is 0. The normalized spacial score (nSPS) is 19.0. The molecule has 7 heteroatoms. The molecule has 7 aliphatic rings. The molecule has 0 N–H and O–H groups in total. The number of para-hydroxylation sites is 4. The van der Waals surface area contributed by atoms with E-state index >= 15 is 0 Å². The molecule has 1 saturated heterocycles. The molecule has 4 atom stereocenters. The zero-order chi connectivity index (χ0) is 57.6. The zero-order valence-electron chi connectivity index (χ0n) is 49.6. The van der Waals surface area contributed by atoms with Crippen molar-refractivity contribution in [2.75, 3.05) is 26.1 Å². The van der Waals surface area contributed by atoms with Crippen LogP contribution in [0, 0.1) is 17.8 Å². The maximum Gasteiger partial charge on any atom is 0.252 e. The molecule has 3 fully saturated rings. The fraction of sp³-hybridized carbons (Fsp3) is 0.175. The van der Waals surface area contributed by atoms with Crippen molar-refractivity contribution in [2.24, 2.45) is 17.8 Å². The Morgan fingerprint density at radius 3 is 1.52 bits per heavy atom. The Hall–Kier alpha value is -8.90. The van der Waals surface area contributed by atoms with Gasteiger partial charge in [-0.15, -0.1) is 0 Å². The number of benzene rings is 11. The van der Waals surface area contributed by atoms with E-state index in [-0.39, 0.29) is 18.8 Å². The van der Waals surface area contributed by atoms with Crippen molar-refractivity contribution in [1.29, 1.82) is 0 Å². The maximum absolute atomic E-state index is 2.91. The number of rotatable bonds is 7. The lowest BCUT2D eigenvalue weighted by molar-refractivity contribution is 0.0754. The van der Waals surface area contributed by atoms with E-state index in [9.17, 15) is 0 Å². The van der Waals surface area contributed by atoms with Crippen LogP contribution in [0.2, 0.25) is 0 Å². The van der Waals surface area contributed by atoms with Crippen molar-refractivity contribution in [3.05, 3.63) is 254 Å². The molecule has 5 heterocycles. The Balaban J connectivity index is 0.917. The van der Waals surface area contributed by atoms with Gasteiger partial charge in [0.2, 0.25) is 6.71 Å². The molecule has 11 aromatic rings. The van der Waals surface area contributed by atoms with Crippen LogP contribution in [-0.4, -0.2) is 26.0 Å². The van der Waals surface area contributed by atoms with E-state index in [2.05, 4.69) is 289 Å². The molecule has 87 heavy (non-hydrogen) atoms. The van der Waals surface area contributed by atoms with Gasteiger partial charge in [-0.1, -0.05) is 214 Å². The molecule has 4 unspecified atom stereocenters. The summed E-state index contributed by atoms with van der Waals surface area (Å²) in [6, 6.07) is 95.7. The average molecular weight is 1140 g/mol. The van der Waals surface area contributed by atoms with Crippen LogP contribution in [0.5, 0.6) is 0 Å². The first-order valence-corrected chi connectivity index (χ1v) is 32.6. The second-order valence-corrected chi connectivity index (χ2v) is 27.8. The summed E-state index contributed by atoms with van der Waals surface area (Å²) in [4.78, 5) is 13.5. The van der Waals surface area contributed by atoms with Gasteiger partial charge in [-0.3, -0.25) is 0 Å². The third kappa shape index (κ3) is 8.07. The first kappa shape index (κ1) is 51.3. The first-order valence-electron chi connectivity index (χ1n) is 31.8. The molecule has 0 spiro atoms. The summed E-state index contributed by atoms with van der Waals surface area (Å²) in [7, 11) is 0. The van der Waals surface area contributed by atoms with Crippen LogP contribution < -0.4 is 52.4 Å². The lowest BCUT2D eigenvalue weighted by atomic mass is 9.31. The Labute approximate surface area is 517 Å². The van der Waals surface area contributed by atoms with Crippen LogP contribution in [0.4, 0.5) is 56.9 Å². The SMILES string of the molecule is CC(C)(C)c1cc2c3c(c1)N(c1ccccc1)c1cc4c(cc1B3c1ccccc1N2c1ccccc1)B1c2ccccc2N(c2c(-c3ccccc3)cc(-c3ccccc3)cc2-c2ccccc2)c2cc(N3CC5CCC6CC5CC3C6)cc(c21)S4. The molecule has 5 aliphatic heterocycles. The summed E-state index contributed by atoms with van der Waals surface area (Å²) in [6.07, 6.45) is 6.79.